The third-order valence-corrected chi connectivity index (χ3v) is 5.11. The molecule has 1 unspecified atom stereocenters. The second kappa shape index (κ2) is 6.58. The molecule has 0 radical (unpaired) electrons. The summed E-state index contributed by atoms with van der Waals surface area (Å²) in [4.78, 5) is 0. The van der Waals surface area contributed by atoms with Crippen LogP contribution >= 0.6 is 0 Å². The van der Waals surface area contributed by atoms with E-state index in [0.717, 1.165) is 30.3 Å². The smallest absolute Gasteiger partial charge is 0.0124 e. The molecule has 0 aromatic carbocycles. The van der Waals surface area contributed by atoms with E-state index in [1.54, 1.807) is 0 Å². The van der Waals surface area contributed by atoms with Gasteiger partial charge in [-0.2, -0.15) is 0 Å². The van der Waals surface area contributed by atoms with E-state index < -0.39 is 0 Å². The van der Waals surface area contributed by atoms with Crippen molar-refractivity contribution in [1.82, 2.24) is 5.32 Å². The molecule has 2 aliphatic carbocycles. The fraction of sp³-hybridized carbons (Fsp3) is 1.00. The van der Waals surface area contributed by atoms with Crippen LogP contribution in [-0.4, -0.2) is 19.1 Å². The van der Waals surface area contributed by atoms with Crippen molar-refractivity contribution in [1.29, 1.82) is 0 Å². The predicted octanol–water partition coefficient (Wildman–Crippen LogP) is 3.56. The zero-order valence-corrected chi connectivity index (χ0v) is 13.3. The van der Waals surface area contributed by atoms with E-state index in [9.17, 15) is 0 Å². The number of rotatable bonds is 9. The summed E-state index contributed by atoms with van der Waals surface area (Å²) >= 11 is 0. The normalized spacial score (nSPS) is 21.9. The highest BCUT2D eigenvalue weighted by molar-refractivity contribution is 4.96. The lowest BCUT2D eigenvalue weighted by Crippen LogP contribution is -2.34. The summed E-state index contributed by atoms with van der Waals surface area (Å²) in [7, 11) is 0. The Labute approximate surface area is 119 Å². The molecule has 2 fully saturated rings. The van der Waals surface area contributed by atoms with Crippen molar-refractivity contribution >= 4 is 0 Å². The molecule has 2 heteroatoms. The Morgan fingerprint density at radius 2 is 1.63 bits per heavy atom. The Hall–Kier alpha value is -0.0800. The molecule has 0 heterocycles. The summed E-state index contributed by atoms with van der Waals surface area (Å²) in [5.74, 6) is 2.82. The molecule has 0 saturated heterocycles. The number of hydrogen-bond acceptors (Lipinski definition) is 2. The van der Waals surface area contributed by atoms with Gasteiger partial charge in [-0.05, 0) is 81.2 Å². The maximum atomic E-state index is 5.76. The summed E-state index contributed by atoms with van der Waals surface area (Å²) in [5.41, 5.74) is 6.17. The van der Waals surface area contributed by atoms with Gasteiger partial charge in [-0.3, -0.25) is 0 Å². The molecule has 2 saturated carbocycles. The lowest BCUT2D eigenvalue weighted by atomic mass is 9.76. The van der Waals surface area contributed by atoms with E-state index in [1.807, 2.05) is 0 Å². The molecule has 2 aliphatic rings. The molecular weight excluding hydrogens is 232 g/mol. The molecule has 0 aromatic rings. The standard InChI is InChI=1S/C17H34N2/c1-17(2,3)15(10-11-18)5-4-12-19-16(13-6-7-13)14-8-9-14/h13-16,19H,4-12,18H2,1-3H3. The first-order chi connectivity index (χ1) is 9.02. The molecule has 112 valence electrons. The van der Waals surface area contributed by atoms with Crippen molar-refractivity contribution in [3.63, 3.8) is 0 Å². The Bertz CT molecular complexity index is 249. The Kier molecular flexibility index (Phi) is 5.30. The van der Waals surface area contributed by atoms with Crippen molar-refractivity contribution in [2.75, 3.05) is 13.1 Å². The van der Waals surface area contributed by atoms with Crippen molar-refractivity contribution in [3.05, 3.63) is 0 Å². The zero-order valence-electron chi connectivity index (χ0n) is 13.3. The van der Waals surface area contributed by atoms with Gasteiger partial charge in [0.1, 0.15) is 0 Å². The van der Waals surface area contributed by atoms with Gasteiger partial charge in [-0.1, -0.05) is 20.8 Å². The molecule has 2 rings (SSSR count). The highest BCUT2D eigenvalue weighted by atomic mass is 14.9. The minimum atomic E-state index is 0.408. The number of nitrogens with two attached hydrogens (primary N) is 1. The molecule has 1 atom stereocenters. The first-order valence-electron chi connectivity index (χ1n) is 8.46. The highest BCUT2D eigenvalue weighted by Crippen LogP contribution is 2.44. The monoisotopic (exact) mass is 266 g/mol. The van der Waals surface area contributed by atoms with Gasteiger partial charge >= 0.3 is 0 Å². The van der Waals surface area contributed by atoms with E-state index >= 15 is 0 Å². The van der Waals surface area contributed by atoms with Crippen LogP contribution in [0.15, 0.2) is 0 Å². The van der Waals surface area contributed by atoms with Gasteiger partial charge in [0, 0.05) is 6.04 Å². The minimum absolute atomic E-state index is 0.408. The topological polar surface area (TPSA) is 38.0 Å². The average Bonchev–Trinajstić information content (AvgIpc) is 3.18. The van der Waals surface area contributed by atoms with E-state index in [0.29, 0.717) is 5.41 Å². The maximum Gasteiger partial charge on any atom is 0.0124 e. The van der Waals surface area contributed by atoms with E-state index in [-0.39, 0.29) is 0 Å². The van der Waals surface area contributed by atoms with Gasteiger partial charge in [0.05, 0.1) is 0 Å². The van der Waals surface area contributed by atoms with Crippen LogP contribution in [0.2, 0.25) is 0 Å². The Morgan fingerprint density at radius 1 is 1.05 bits per heavy atom. The van der Waals surface area contributed by atoms with Gasteiger partial charge in [-0.15, -0.1) is 0 Å². The zero-order chi connectivity index (χ0) is 13.9. The third-order valence-electron chi connectivity index (χ3n) is 5.11. The van der Waals surface area contributed by atoms with Crippen LogP contribution in [0.3, 0.4) is 0 Å². The van der Waals surface area contributed by atoms with Crippen LogP contribution in [-0.2, 0) is 0 Å². The lowest BCUT2D eigenvalue weighted by Gasteiger charge is -2.31. The average molecular weight is 266 g/mol. The predicted molar refractivity (Wildman–Crippen MR) is 83.1 cm³/mol. The fourth-order valence-corrected chi connectivity index (χ4v) is 3.46. The number of nitrogens with one attached hydrogen (secondary N) is 1. The quantitative estimate of drug-likeness (QED) is 0.626. The summed E-state index contributed by atoms with van der Waals surface area (Å²) in [6.07, 6.45) is 9.74. The van der Waals surface area contributed by atoms with Crippen molar-refractivity contribution in [2.45, 2.75) is 71.8 Å². The van der Waals surface area contributed by atoms with Crippen LogP contribution in [0.4, 0.5) is 0 Å². The molecule has 2 nitrogen and oxygen atoms in total. The van der Waals surface area contributed by atoms with Crippen LogP contribution in [0.5, 0.6) is 0 Å². The fourth-order valence-electron chi connectivity index (χ4n) is 3.46. The van der Waals surface area contributed by atoms with Crippen LogP contribution in [0.25, 0.3) is 0 Å². The van der Waals surface area contributed by atoms with Crippen LogP contribution < -0.4 is 11.1 Å². The minimum Gasteiger partial charge on any atom is -0.330 e. The molecule has 3 N–H and O–H groups in total. The molecule has 19 heavy (non-hydrogen) atoms. The van der Waals surface area contributed by atoms with E-state index in [1.165, 1.54) is 51.5 Å². The van der Waals surface area contributed by atoms with E-state index in [4.69, 9.17) is 5.73 Å². The lowest BCUT2D eigenvalue weighted by molar-refractivity contribution is 0.209. The Morgan fingerprint density at radius 3 is 2.05 bits per heavy atom. The third kappa shape index (κ3) is 5.07. The van der Waals surface area contributed by atoms with Crippen molar-refractivity contribution in [3.8, 4) is 0 Å². The number of hydrogen-bond donors (Lipinski definition) is 2. The van der Waals surface area contributed by atoms with Crippen LogP contribution in [0, 0.1) is 23.2 Å². The maximum absolute atomic E-state index is 5.76. The highest BCUT2D eigenvalue weighted by Gasteiger charge is 2.40. The van der Waals surface area contributed by atoms with Gasteiger partial charge in [0.2, 0.25) is 0 Å². The molecule has 0 amide bonds. The van der Waals surface area contributed by atoms with Gasteiger partial charge in [0.15, 0.2) is 0 Å². The van der Waals surface area contributed by atoms with Gasteiger partial charge in [0.25, 0.3) is 0 Å². The summed E-state index contributed by atoms with van der Waals surface area (Å²) in [6, 6.07) is 0.864. The summed E-state index contributed by atoms with van der Waals surface area (Å²) in [6.45, 7) is 9.13. The molecule has 0 spiro atoms. The summed E-state index contributed by atoms with van der Waals surface area (Å²) in [5, 5.41) is 3.86. The van der Waals surface area contributed by atoms with Crippen molar-refractivity contribution < 1.29 is 0 Å². The van der Waals surface area contributed by atoms with Crippen LogP contribution in [0.1, 0.15) is 65.7 Å². The molecule has 0 aromatic heterocycles. The second-order valence-electron chi connectivity index (χ2n) is 7.94. The molecular formula is C17H34N2. The molecule has 0 bridgehead atoms. The first kappa shape index (κ1) is 15.3. The van der Waals surface area contributed by atoms with Crippen molar-refractivity contribution in [2.24, 2.45) is 28.9 Å². The first-order valence-corrected chi connectivity index (χ1v) is 8.46. The van der Waals surface area contributed by atoms with Gasteiger partial charge in [-0.25, -0.2) is 0 Å². The van der Waals surface area contributed by atoms with Gasteiger partial charge < -0.3 is 11.1 Å². The Balaban J connectivity index is 1.64. The second-order valence-corrected chi connectivity index (χ2v) is 7.94. The summed E-state index contributed by atoms with van der Waals surface area (Å²) < 4.78 is 0. The SMILES string of the molecule is CC(C)(C)C(CCN)CCCNC(C1CC1)C1CC1. The largest absolute Gasteiger partial charge is 0.330 e. The molecule has 0 aliphatic heterocycles. The van der Waals surface area contributed by atoms with E-state index in [2.05, 4.69) is 26.1 Å².